The number of rotatable bonds is 4. The van der Waals surface area contributed by atoms with Crippen LogP contribution in [0.25, 0.3) is 100 Å². The van der Waals surface area contributed by atoms with Crippen molar-refractivity contribution in [3.63, 3.8) is 0 Å². The second kappa shape index (κ2) is 10.4. The van der Waals surface area contributed by atoms with Crippen LogP contribution < -0.4 is 0 Å². The van der Waals surface area contributed by atoms with Crippen molar-refractivity contribution in [1.82, 2.24) is 19.9 Å². The Morgan fingerprint density at radius 2 is 1.00 bits per heavy atom. The molecule has 0 N–H and O–H groups in total. The molecule has 0 aliphatic carbocycles. The third kappa shape index (κ3) is 4.20. The normalized spacial score (nSPS) is 11.8. The molecule has 4 aromatic heterocycles. The first-order valence-corrected chi connectivity index (χ1v) is 15.8. The third-order valence-corrected chi connectivity index (χ3v) is 9.01. The molecular formula is C42H24N4O2. The van der Waals surface area contributed by atoms with Crippen LogP contribution in [-0.4, -0.2) is 19.9 Å². The summed E-state index contributed by atoms with van der Waals surface area (Å²) in [5.74, 6) is 1.77. The fraction of sp³-hybridized carbons (Fsp3) is 0. The molecular weight excluding hydrogens is 592 g/mol. The van der Waals surface area contributed by atoms with Gasteiger partial charge in [0.25, 0.3) is 0 Å². The Morgan fingerprint density at radius 1 is 0.396 bits per heavy atom. The summed E-state index contributed by atoms with van der Waals surface area (Å²) in [7, 11) is 0. The molecule has 0 spiro atoms. The Kier molecular flexibility index (Phi) is 5.77. The van der Waals surface area contributed by atoms with E-state index in [0.717, 1.165) is 66.1 Å². The SMILES string of the molecule is c1ccc(-c2nc(-c3ccccc3)nc(-c3ccnc4oc5cc(-c6ccc7c(c6)oc6ccc8ccccc8c67)ccc5c34)n2)cc1. The molecule has 224 valence electrons. The second-order valence-electron chi connectivity index (χ2n) is 11.9. The standard InChI is InChI=1S/C42H24N4O2/c1-3-10-26(11-4-1)39-44-40(27-12-5-2-6-13-27)46-41(45-39)33-21-22-43-42-38(33)32-19-16-29(24-36(32)48-42)28-15-18-31-35(23-28)47-34-20-17-25-9-7-8-14-30(25)37(31)34/h1-24H. The van der Waals surface area contributed by atoms with Gasteiger partial charge in [-0.2, -0.15) is 0 Å². The van der Waals surface area contributed by atoms with E-state index in [1.165, 1.54) is 10.8 Å². The topological polar surface area (TPSA) is 77.8 Å². The van der Waals surface area contributed by atoms with Crippen LogP contribution in [0.3, 0.4) is 0 Å². The Balaban J connectivity index is 1.12. The molecule has 0 unspecified atom stereocenters. The molecule has 0 saturated heterocycles. The summed E-state index contributed by atoms with van der Waals surface area (Å²) in [4.78, 5) is 19.4. The smallest absolute Gasteiger partial charge is 0.228 e. The molecule has 0 aliphatic heterocycles. The third-order valence-electron chi connectivity index (χ3n) is 9.01. The lowest BCUT2D eigenvalue weighted by molar-refractivity contribution is 0.654. The summed E-state index contributed by atoms with van der Waals surface area (Å²) in [6, 6.07) is 47.2. The van der Waals surface area contributed by atoms with Crippen molar-refractivity contribution in [3.05, 3.63) is 146 Å². The van der Waals surface area contributed by atoms with Crippen LogP contribution in [0.5, 0.6) is 0 Å². The first-order chi connectivity index (χ1) is 23.8. The first kappa shape index (κ1) is 26.5. The fourth-order valence-electron chi connectivity index (χ4n) is 6.72. The minimum absolute atomic E-state index is 0.530. The van der Waals surface area contributed by atoms with Crippen molar-refractivity contribution in [1.29, 1.82) is 0 Å². The molecule has 0 saturated carbocycles. The van der Waals surface area contributed by atoms with Gasteiger partial charge in [-0.15, -0.1) is 0 Å². The molecule has 0 atom stereocenters. The molecule has 6 heteroatoms. The van der Waals surface area contributed by atoms with Crippen LogP contribution in [0.4, 0.5) is 0 Å². The molecule has 10 aromatic rings. The lowest BCUT2D eigenvalue weighted by atomic mass is 10.00. The van der Waals surface area contributed by atoms with Crippen LogP contribution in [0.2, 0.25) is 0 Å². The molecule has 0 bridgehead atoms. The number of furan rings is 2. The van der Waals surface area contributed by atoms with Crippen LogP contribution in [0.1, 0.15) is 0 Å². The van der Waals surface area contributed by atoms with Gasteiger partial charge in [0.1, 0.15) is 16.7 Å². The summed E-state index contributed by atoms with van der Waals surface area (Å²) >= 11 is 0. The molecule has 0 radical (unpaired) electrons. The Bertz CT molecular complexity index is 2780. The molecule has 48 heavy (non-hydrogen) atoms. The van der Waals surface area contributed by atoms with E-state index >= 15 is 0 Å². The highest BCUT2D eigenvalue weighted by molar-refractivity contribution is 6.19. The van der Waals surface area contributed by atoms with Crippen molar-refractivity contribution in [2.24, 2.45) is 0 Å². The monoisotopic (exact) mass is 616 g/mol. The maximum atomic E-state index is 6.38. The fourth-order valence-corrected chi connectivity index (χ4v) is 6.72. The molecule has 6 nitrogen and oxygen atoms in total. The highest BCUT2D eigenvalue weighted by atomic mass is 16.3. The molecule has 10 rings (SSSR count). The van der Waals surface area contributed by atoms with Crippen molar-refractivity contribution in [2.75, 3.05) is 0 Å². The number of hydrogen-bond acceptors (Lipinski definition) is 6. The van der Waals surface area contributed by atoms with E-state index < -0.39 is 0 Å². The molecule has 4 heterocycles. The average molecular weight is 617 g/mol. The van der Waals surface area contributed by atoms with Gasteiger partial charge >= 0.3 is 0 Å². The van der Waals surface area contributed by atoms with E-state index in [2.05, 4.69) is 77.8 Å². The Morgan fingerprint density at radius 3 is 1.71 bits per heavy atom. The minimum Gasteiger partial charge on any atom is -0.456 e. The number of pyridine rings is 1. The molecule has 6 aromatic carbocycles. The van der Waals surface area contributed by atoms with Gasteiger partial charge in [-0.25, -0.2) is 19.9 Å². The minimum atomic E-state index is 0.530. The van der Waals surface area contributed by atoms with Gasteiger partial charge in [-0.3, -0.25) is 0 Å². The summed E-state index contributed by atoms with van der Waals surface area (Å²) < 4.78 is 12.7. The molecule has 0 amide bonds. The van der Waals surface area contributed by atoms with Crippen LogP contribution in [0, 0.1) is 0 Å². The first-order valence-electron chi connectivity index (χ1n) is 15.8. The molecule has 0 aliphatic rings. The number of hydrogen-bond donors (Lipinski definition) is 0. The van der Waals surface area contributed by atoms with Gasteiger partial charge in [-0.1, -0.05) is 103 Å². The zero-order valence-corrected chi connectivity index (χ0v) is 25.5. The molecule has 0 fully saturated rings. The van der Waals surface area contributed by atoms with E-state index in [1.807, 2.05) is 66.7 Å². The highest BCUT2D eigenvalue weighted by Crippen LogP contribution is 2.39. The number of fused-ring (bicyclic) bond motifs is 8. The zero-order valence-electron chi connectivity index (χ0n) is 25.5. The zero-order chi connectivity index (χ0) is 31.6. The summed E-state index contributed by atoms with van der Waals surface area (Å²) in [6.45, 7) is 0. The van der Waals surface area contributed by atoms with Gasteiger partial charge in [0.2, 0.25) is 5.71 Å². The van der Waals surface area contributed by atoms with Crippen molar-refractivity contribution in [2.45, 2.75) is 0 Å². The predicted octanol–water partition coefficient (Wildman–Crippen LogP) is 10.9. The average Bonchev–Trinajstić information content (AvgIpc) is 3.73. The van der Waals surface area contributed by atoms with Crippen LogP contribution in [0.15, 0.2) is 155 Å². The quantitative estimate of drug-likeness (QED) is 0.196. The summed E-state index contributed by atoms with van der Waals surface area (Å²) in [6.07, 6.45) is 1.74. The Hall–Kier alpha value is -6.66. The van der Waals surface area contributed by atoms with Crippen molar-refractivity contribution in [3.8, 4) is 45.3 Å². The van der Waals surface area contributed by atoms with Gasteiger partial charge in [0.15, 0.2) is 17.5 Å². The lowest BCUT2D eigenvalue weighted by Crippen LogP contribution is -2.00. The van der Waals surface area contributed by atoms with Gasteiger partial charge in [0, 0.05) is 39.0 Å². The van der Waals surface area contributed by atoms with E-state index in [9.17, 15) is 0 Å². The number of aromatic nitrogens is 4. The largest absolute Gasteiger partial charge is 0.456 e. The van der Waals surface area contributed by atoms with Gasteiger partial charge in [-0.05, 0) is 58.3 Å². The van der Waals surface area contributed by atoms with Gasteiger partial charge < -0.3 is 8.83 Å². The van der Waals surface area contributed by atoms with Crippen molar-refractivity contribution < 1.29 is 8.83 Å². The predicted molar refractivity (Wildman–Crippen MR) is 191 cm³/mol. The van der Waals surface area contributed by atoms with E-state index in [0.29, 0.717) is 23.2 Å². The maximum Gasteiger partial charge on any atom is 0.228 e. The Labute approximate surface area is 274 Å². The second-order valence-corrected chi connectivity index (χ2v) is 11.9. The van der Waals surface area contributed by atoms with Gasteiger partial charge in [0.05, 0.1) is 5.39 Å². The van der Waals surface area contributed by atoms with E-state index in [4.69, 9.17) is 23.8 Å². The van der Waals surface area contributed by atoms with Crippen LogP contribution >= 0.6 is 0 Å². The summed E-state index contributed by atoms with van der Waals surface area (Å²) in [5, 5.41) is 6.44. The van der Waals surface area contributed by atoms with E-state index in [-0.39, 0.29) is 0 Å². The van der Waals surface area contributed by atoms with E-state index in [1.54, 1.807) is 6.20 Å². The number of benzene rings is 6. The summed E-state index contributed by atoms with van der Waals surface area (Å²) in [5.41, 5.74) is 7.73. The van der Waals surface area contributed by atoms with Crippen molar-refractivity contribution >= 4 is 54.8 Å². The maximum absolute atomic E-state index is 6.38. The number of nitrogens with zero attached hydrogens (tertiary/aromatic N) is 4. The highest BCUT2D eigenvalue weighted by Gasteiger charge is 2.19. The lowest BCUT2D eigenvalue weighted by Gasteiger charge is -2.09. The van der Waals surface area contributed by atoms with Crippen LogP contribution in [-0.2, 0) is 0 Å².